The number of rotatable bonds is 9. The minimum Gasteiger partial charge on any atom is -0.484 e. The molecule has 0 unspecified atom stereocenters. The van der Waals surface area contributed by atoms with Gasteiger partial charge in [-0.05, 0) is 31.0 Å². The van der Waals surface area contributed by atoms with Gasteiger partial charge in [-0.3, -0.25) is 9.36 Å². The van der Waals surface area contributed by atoms with Gasteiger partial charge in [0.1, 0.15) is 12.4 Å². The fourth-order valence-electron chi connectivity index (χ4n) is 3.23. The van der Waals surface area contributed by atoms with Gasteiger partial charge < -0.3 is 10.1 Å². The van der Waals surface area contributed by atoms with E-state index in [1.54, 1.807) is 24.3 Å². The van der Waals surface area contributed by atoms with Crippen molar-refractivity contribution in [3.63, 3.8) is 0 Å². The normalized spacial score (nSPS) is 14.6. The van der Waals surface area contributed by atoms with Crippen molar-refractivity contribution in [1.82, 2.24) is 20.1 Å². The molecule has 3 rings (SSSR count). The van der Waals surface area contributed by atoms with Crippen molar-refractivity contribution >= 4 is 40.9 Å². The molecule has 0 atom stereocenters. The van der Waals surface area contributed by atoms with E-state index >= 15 is 0 Å². The van der Waals surface area contributed by atoms with E-state index in [1.165, 1.54) is 31.0 Å². The van der Waals surface area contributed by atoms with Crippen molar-refractivity contribution in [2.75, 3.05) is 5.75 Å². The number of halogens is 2. The van der Waals surface area contributed by atoms with E-state index in [2.05, 4.69) is 22.1 Å². The Labute approximate surface area is 185 Å². The van der Waals surface area contributed by atoms with Gasteiger partial charge in [0.2, 0.25) is 5.91 Å². The number of allylic oxidation sites excluding steroid dienone is 1. The maximum Gasteiger partial charge on any atom is 0.230 e. The second-order valence-corrected chi connectivity index (χ2v) is 8.64. The average molecular weight is 455 g/mol. The van der Waals surface area contributed by atoms with Crippen molar-refractivity contribution in [2.24, 2.45) is 0 Å². The van der Waals surface area contributed by atoms with Gasteiger partial charge in [-0.25, -0.2) is 0 Å². The molecule has 1 aromatic heterocycles. The lowest BCUT2D eigenvalue weighted by molar-refractivity contribution is -0.119. The molecule has 6 nitrogen and oxygen atoms in total. The number of aromatic nitrogens is 3. The highest BCUT2D eigenvalue weighted by atomic mass is 35.5. The van der Waals surface area contributed by atoms with Crippen LogP contribution in [0.2, 0.25) is 10.0 Å². The smallest absolute Gasteiger partial charge is 0.230 e. The molecular weight excluding hydrogens is 431 g/mol. The molecule has 0 saturated heterocycles. The predicted octanol–water partition coefficient (Wildman–Crippen LogP) is 4.89. The number of carbonyl (C=O) groups excluding carboxylic acids is 1. The summed E-state index contributed by atoms with van der Waals surface area (Å²) in [5.74, 6) is 1.48. The maximum atomic E-state index is 12.3. The Hall–Kier alpha value is -1.70. The molecule has 1 N–H and O–H groups in total. The van der Waals surface area contributed by atoms with Crippen molar-refractivity contribution in [1.29, 1.82) is 0 Å². The molecule has 1 aliphatic carbocycles. The Bertz CT molecular complexity index is 853. The Morgan fingerprint density at radius 1 is 1.31 bits per heavy atom. The lowest BCUT2D eigenvalue weighted by atomic mass is 9.95. The molecule has 29 heavy (non-hydrogen) atoms. The third-order valence-electron chi connectivity index (χ3n) is 4.66. The summed E-state index contributed by atoms with van der Waals surface area (Å²) in [6.07, 6.45) is 7.53. The molecule has 0 bridgehead atoms. The number of nitrogens with one attached hydrogen (secondary N) is 1. The number of hydrogen-bond acceptors (Lipinski definition) is 5. The van der Waals surface area contributed by atoms with Gasteiger partial charge in [0.15, 0.2) is 11.0 Å². The summed E-state index contributed by atoms with van der Waals surface area (Å²) in [5.41, 5.74) is 0. The van der Waals surface area contributed by atoms with Crippen LogP contribution in [0.1, 0.15) is 37.9 Å². The van der Waals surface area contributed by atoms with Crippen LogP contribution >= 0.6 is 35.0 Å². The fourth-order valence-corrected chi connectivity index (χ4v) is 4.47. The van der Waals surface area contributed by atoms with Gasteiger partial charge in [0, 0.05) is 17.6 Å². The van der Waals surface area contributed by atoms with Crippen LogP contribution in [0.3, 0.4) is 0 Å². The fraction of sp³-hybridized carbons (Fsp3) is 0.450. The van der Waals surface area contributed by atoms with Crippen LogP contribution in [0, 0.1) is 0 Å². The van der Waals surface area contributed by atoms with E-state index in [0.29, 0.717) is 45.1 Å². The first-order valence-corrected chi connectivity index (χ1v) is 11.3. The Balaban J connectivity index is 1.58. The van der Waals surface area contributed by atoms with Crippen molar-refractivity contribution in [2.45, 2.75) is 56.5 Å². The number of ether oxygens (including phenoxy) is 1. The van der Waals surface area contributed by atoms with E-state index < -0.39 is 0 Å². The summed E-state index contributed by atoms with van der Waals surface area (Å²) in [4.78, 5) is 12.3. The predicted molar refractivity (Wildman–Crippen MR) is 117 cm³/mol. The summed E-state index contributed by atoms with van der Waals surface area (Å²) >= 11 is 13.4. The highest BCUT2D eigenvalue weighted by Gasteiger charge is 2.18. The molecule has 2 aromatic rings. The van der Waals surface area contributed by atoms with Crippen LogP contribution in [0.5, 0.6) is 5.75 Å². The van der Waals surface area contributed by atoms with Crippen LogP contribution in [0.25, 0.3) is 0 Å². The summed E-state index contributed by atoms with van der Waals surface area (Å²) in [6, 6.07) is 5.35. The molecule has 156 valence electrons. The number of nitrogens with zero attached hydrogens (tertiary/aromatic N) is 3. The molecular formula is C20H24Cl2N4O2S. The third kappa shape index (κ3) is 6.39. The van der Waals surface area contributed by atoms with Gasteiger partial charge in [-0.2, -0.15) is 0 Å². The molecule has 1 saturated carbocycles. The molecule has 1 amide bonds. The zero-order chi connectivity index (χ0) is 20.6. The highest BCUT2D eigenvalue weighted by Crippen LogP contribution is 2.28. The van der Waals surface area contributed by atoms with Crippen molar-refractivity contribution in [3.05, 3.63) is 46.7 Å². The quantitative estimate of drug-likeness (QED) is 0.431. The summed E-state index contributed by atoms with van der Waals surface area (Å²) < 4.78 is 7.65. The molecule has 0 radical (unpaired) electrons. The minimum atomic E-state index is 0.0285. The summed E-state index contributed by atoms with van der Waals surface area (Å²) in [5, 5.41) is 13.2. The van der Waals surface area contributed by atoms with Crippen molar-refractivity contribution in [3.8, 4) is 5.75 Å². The molecule has 9 heteroatoms. The van der Waals surface area contributed by atoms with E-state index in [4.69, 9.17) is 27.9 Å². The zero-order valence-electron chi connectivity index (χ0n) is 16.1. The van der Waals surface area contributed by atoms with Gasteiger partial charge in [-0.15, -0.1) is 16.8 Å². The second-order valence-electron chi connectivity index (χ2n) is 6.85. The number of carbonyl (C=O) groups is 1. The first-order valence-electron chi connectivity index (χ1n) is 9.60. The molecule has 1 aromatic carbocycles. The van der Waals surface area contributed by atoms with Gasteiger partial charge in [-0.1, -0.05) is 60.3 Å². The van der Waals surface area contributed by atoms with E-state index in [1.807, 2.05) is 4.57 Å². The minimum absolute atomic E-state index is 0.0285. The largest absolute Gasteiger partial charge is 0.484 e. The molecule has 0 spiro atoms. The molecule has 1 fully saturated rings. The Morgan fingerprint density at radius 3 is 2.83 bits per heavy atom. The zero-order valence-corrected chi connectivity index (χ0v) is 18.4. The van der Waals surface area contributed by atoms with Crippen LogP contribution in [-0.4, -0.2) is 32.5 Å². The van der Waals surface area contributed by atoms with Crippen LogP contribution in [0.4, 0.5) is 0 Å². The standard InChI is InChI=1S/C20H24Cl2N4O2S/c1-2-10-26-18(12-28-17-9-8-14(21)11-16(17)22)24-25-20(26)29-13-19(27)23-15-6-4-3-5-7-15/h2,8-9,11,15H,1,3-7,10,12-13H2,(H,23,27). The van der Waals surface area contributed by atoms with Crippen LogP contribution in [-0.2, 0) is 17.9 Å². The molecule has 1 heterocycles. The summed E-state index contributed by atoms with van der Waals surface area (Å²) in [6.45, 7) is 4.50. The third-order valence-corrected chi connectivity index (χ3v) is 6.16. The Morgan fingerprint density at radius 2 is 2.10 bits per heavy atom. The van der Waals surface area contributed by atoms with Crippen LogP contribution in [0.15, 0.2) is 36.0 Å². The van der Waals surface area contributed by atoms with Gasteiger partial charge >= 0.3 is 0 Å². The highest BCUT2D eigenvalue weighted by molar-refractivity contribution is 7.99. The topological polar surface area (TPSA) is 69.0 Å². The number of benzene rings is 1. The van der Waals surface area contributed by atoms with E-state index in [-0.39, 0.29) is 12.5 Å². The van der Waals surface area contributed by atoms with Gasteiger partial charge in [0.25, 0.3) is 0 Å². The first kappa shape index (κ1) is 22.0. The lowest BCUT2D eigenvalue weighted by Crippen LogP contribution is -2.37. The number of hydrogen-bond donors (Lipinski definition) is 1. The monoisotopic (exact) mass is 454 g/mol. The number of thioether (sulfide) groups is 1. The van der Waals surface area contributed by atoms with E-state index in [0.717, 1.165) is 12.8 Å². The first-order chi connectivity index (χ1) is 14.1. The SMILES string of the molecule is C=CCn1c(COc2ccc(Cl)cc2Cl)nnc1SCC(=O)NC1CCCCC1. The summed E-state index contributed by atoms with van der Waals surface area (Å²) in [7, 11) is 0. The second kappa shape index (κ2) is 10.9. The number of amides is 1. The molecule has 0 aliphatic heterocycles. The van der Waals surface area contributed by atoms with Crippen molar-refractivity contribution < 1.29 is 9.53 Å². The average Bonchev–Trinajstić information content (AvgIpc) is 3.08. The molecule has 1 aliphatic rings. The maximum absolute atomic E-state index is 12.3. The Kier molecular flexibility index (Phi) is 8.27. The van der Waals surface area contributed by atoms with Crippen LogP contribution < -0.4 is 10.1 Å². The van der Waals surface area contributed by atoms with E-state index in [9.17, 15) is 4.79 Å². The lowest BCUT2D eigenvalue weighted by Gasteiger charge is -2.22. The van der Waals surface area contributed by atoms with Gasteiger partial charge in [0.05, 0.1) is 10.8 Å².